The number of carbonyl (C=O) groups is 1. The van der Waals surface area contributed by atoms with Crippen molar-refractivity contribution in [1.82, 2.24) is 15.5 Å². The number of hydrogen-bond acceptors (Lipinski definition) is 3. The van der Waals surface area contributed by atoms with Gasteiger partial charge >= 0.3 is 0 Å². The monoisotopic (exact) mass is 556 g/mol. The molecule has 1 heterocycles. The van der Waals surface area contributed by atoms with Gasteiger partial charge in [-0.3, -0.25) is 9.79 Å². The van der Waals surface area contributed by atoms with Crippen LogP contribution in [-0.4, -0.2) is 42.7 Å². The minimum absolute atomic E-state index is 0. The molecule has 2 N–H and O–H groups in total. The van der Waals surface area contributed by atoms with Crippen molar-refractivity contribution < 1.29 is 9.18 Å². The maximum atomic E-state index is 12.9. The van der Waals surface area contributed by atoms with E-state index in [4.69, 9.17) is 0 Å². The second kappa shape index (κ2) is 13.6. The number of nitrogens with zero attached hydrogens (tertiary/aromatic N) is 2. The van der Waals surface area contributed by atoms with Crippen LogP contribution in [0.25, 0.3) is 0 Å². The Morgan fingerprint density at radius 3 is 2.45 bits per heavy atom. The van der Waals surface area contributed by atoms with E-state index >= 15 is 0 Å². The van der Waals surface area contributed by atoms with Crippen LogP contribution in [0.2, 0.25) is 0 Å². The maximum Gasteiger partial charge on any atom is 0.222 e. The molecule has 0 bridgehead atoms. The van der Waals surface area contributed by atoms with E-state index in [1.165, 1.54) is 17.7 Å². The van der Waals surface area contributed by atoms with Gasteiger partial charge in [-0.25, -0.2) is 4.39 Å². The molecule has 31 heavy (non-hydrogen) atoms. The molecule has 1 amide bonds. The van der Waals surface area contributed by atoms with Crippen molar-refractivity contribution in [2.75, 3.05) is 25.9 Å². The van der Waals surface area contributed by atoms with Crippen LogP contribution >= 0.6 is 35.7 Å². The number of guanidine groups is 1. The van der Waals surface area contributed by atoms with E-state index in [1.807, 2.05) is 17.0 Å². The number of amides is 1. The number of benzene rings is 2. The molecule has 168 valence electrons. The molecule has 0 saturated carbocycles. The minimum atomic E-state index is -0.202. The Bertz CT molecular complexity index is 846. The molecule has 0 atom stereocenters. The maximum absolute atomic E-state index is 12.9. The van der Waals surface area contributed by atoms with Gasteiger partial charge in [0.05, 0.1) is 0 Å². The van der Waals surface area contributed by atoms with Crippen LogP contribution in [0.5, 0.6) is 0 Å². The van der Waals surface area contributed by atoms with Crippen LogP contribution in [0.1, 0.15) is 30.4 Å². The molecule has 0 aromatic heterocycles. The van der Waals surface area contributed by atoms with Crippen molar-refractivity contribution in [3.8, 4) is 0 Å². The summed E-state index contributed by atoms with van der Waals surface area (Å²) in [5.74, 6) is 1.78. The molecule has 1 fully saturated rings. The van der Waals surface area contributed by atoms with Crippen molar-refractivity contribution in [1.29, 1.82) is 0 Å². The molecule has 8 heteroatoms. The van der Waals surface area contributed by atoms with E-state index in [0.717, 1.165) is 48.1 Å². The van der Waals surface area contributed by atoms with Crippen molar-refractivity contribution in [3.63, 3.8) is 0 Å². The molecule has 2 aromatic rings. The Kier molecular flexibility index (Phi) is 11.1. The zero-order valence-corrected chi connectivity index (χ0v) is 20.9. The summed E-state index contributed by atoms with van der Waals surface area (Å²) in [6.45, 7) is 3.07. The topological polar surface area (TPSA) is 56.7 Å². The first-order chi connectivity index (χ1) is 14.6. The SMILES string of the molecule is CN=C(NCCCSc1ccc(F)cc1)NCc1ccc(CN2CCCC2=O)cc1.I. The van der Waals surface area contributed by atoms with Gasteiger partial charge < -0.3 is 15.5 Å². The Morgan fingerprint density at radius 1 is 1.10 bits per heavy atom. The largest absolute Gasteiger partial charge is 0.356 e. The van der Waals surface area contributed by atoms with Gasteiger partial charge in [0.2, 0.25) is 5.91 Å². The zero-order chi connectivity index (χ0) is 21.2. The van der Waals surface area contributed by atoms with Crippen LogP contribution in [0.15, 0.2) is 58.4 Å². The van der Waals surface area contributed by atoms with Crippen molar-refractivity contribution in [2.24, 2.45) is 4.99 Å². The lowest BCUT2D eigenvalue weighted by atomic mass is 10.1. The van der Waals surface area contributed by atoms with Crippen LogP contribution in [0.3, 0.4) is 0 Å². The number of rotatable bonds is 9. The molecular weight excluding hydrogens is 526 g/mol. The van der Waals surface area contributed by atoms with Gasteiger partial charge in [-0.15, -0.1) is 35.7 Å². The summed E-state index contributed by atoms with van der Waals surface area (Å²) in [5, 5.41) is 6.65. The van der Waals surface area contributed by atoms with E-state index in [1.54, 1.807) is 18.8 Å². The van der Waals surface area contributed by atoms with E-state index in [-0.39, 0.29) is 35.7 Å². The molecule has 5 nitrogen and oxygen atoms in total. The van der Waals surface area contributed by atoms with Crippen LogP contribution in [0.4, 0.5) is 4.39 Å². The number of thioether (sulfide) groups is 1. The molecule has 1 saturated heterocycles. The number of carbonyl (C=O) groups excluding carboxylic acids is 1. The van der Waals surface area contributed by atoms with Gasteiger partial charge in [-0.05, 0) is 54.0 Å². The van der Waals surface area contributed by atoms with Crippen molar-refractivity contribution in [2.45, 2.75) is 37.2 Å². The quantitative estimate of drug-likeness (QED) is 0.158. The number of hydrogen-bond donors (Lipinski definition) is 2. The summed E-state index contributed by atoms with van der Waals surface area (Å²) >= 11 is 1.72. The van der Waals surface area contributed by atoms with Gasteiger partial charge in [0, 0.05) is 44.5 Å². The summed E-state index contributed by atoms with van der Waals surface area (Å²) < 4.78 is 12.9. The van der Waals surface area contributed by atoms with Gasteiger partial charge in [0.15, 0.2) is 5.96 Å². The van der Waals surface area contributed by atoms with Crippen LogP contribution < -0.4 is 10.6 Å². The standard InChI is InChI=1S/C23H29FN4OS.HI/c1-25-23(26-13-3-15-30-21-11-9-20(24)10-12-21)27-16-18-5-7-19(8-6-18)17-28-14-2-4-22(28)29;/h5-12H,2-4,13-17H2,1H3,(H2,25,26,27);1H. The minimum Gasteiger partial charge on any atom is -0.356 e. The zero-order valence-electron chi connectivity index (χ0n) is 17.8. The van der Waals surface area contributed by atoms with Gasteiger partial charge in [0.25, 0.3) is 0 Å². The first-order valence-electron chi connectivity index (χ1n) is 10.3. The fourth-order valence-electron chi connectivity index (χ4n) is 3.26. The number of nitrogens with one attached hydrogen (secondary N) is 2. The molecule has 0 unspecified atom stereocenters. The van der Waals surface area contributed by atoms with Crippen molar-refractivity contribution >= 4 is 47.6 Å². The average molecular weight is 556 g/mol. The highest BCUT2D eigenvalue weighted by molar-refractivity contribution is 14.0. The Morgan fingerprint density at radius 2 is 1.81 bits per heavy atom. The molecule has 1 aliphatic rings. The van der Waals surface area contributed by atoms with Crippen LogP contribution in [0, 0.1) is 5.82 Å². The summed E-state index contributed by atoms with van der Waals surface area (Å²) in [6.07, 6.45) is 2.63. The van der Waals surface area contributed by atoms with E-state index in [9.17, 15) is 9.18 Å². The smallest absolute Gasteiger partial charge is 0.222 e. The molecule has 2 aromatic carbocycles. The highest BCUT2D eigenvalue weighted by Crippen LogP contribution is 2.18. The lowest BCUT2D eigenvalue weighted by Gasteiger charge is -2.16. The van der Waals surface area contributed by atoms with Crippen LogP contribution in [-0.2, 0) is 17.9 Å². The van der Waals surface area contributed by atoms with Gasteiger partial charge in [0.1, 0.15) is 5.82 Å². The van der Waals surface area contributed by atoms with E-state index in [0.29, 0.717) is 19.5 Å². The summed E-state index contributed by atoms with van der Waals surface area (Å²) in [6, 6.07) is 15.0. The predicted molar refractivity (Wildman–Crippen MR) is 136 cm³/mol. The molecule has 3 rings (SSSR count). The fraction of sp³-hybridized carbons (Fsp3) is 0.391. The Hall–Kier alpha value is -1.81. The summed E-state index contributed by atoms with van der Waals surface area (Å²) in [7, 11) is 1.76. The van der Waals surface area contributed by atoms with Crippen molar-refractivity contribution in [3.05, 3.63) is 65.5 Å². The fourth-order valence-corrected chi connectivity index (χ4v) is 4.11. The van der Waals surface area contributed by atoms with Gasteiger partial charge in [-0.2, -0.15) is 0 Å². The second-order valence-corrected chi connectivity index (χ2v) is 8.41. The summed E-state index contributed by atoms with van der Waals surface area (Å²) in [5.41, 5.74) is 2.33. The Balaban J connectivity index is 0.00000341. The highest BCUT2D eigenvalue weighted by Gasteiger charge is 2.19. The molecule has 1 aliphatic heterocycles. The predicted octanol–water partition coefficient (Wildman–Crippen LogP) is 4.41. The Labute approximate surface area is 205 Å². The average Bonchev–Trinajstić information content (AvgIpc) is 3.17. The van der Waals surface area contributed by atoms with E-state index in [2.05, 4.69) is 39.9 Å². The first-order valence-corrected chi connectivity index (χ1v) is 11.3. The third kappa shape index (κ3) is 8.68. The molecule has 0 aliphatic carbocycles. The normalized spacial score (nSPS) is 13.8. The molecule has 0 radical (unpaired) electrons. The summed E-state index contributed by atoms with van der Waals surface area (Å²) in [4.78, 5) is 19.0. The first kappa shape index (κ1) is 25.5. The third-order valence-corrected chi connectivity index (χ3v) is 6.05. The number of halogens is 2. The molecule has 0 spiro atoms. The van der Waals surface area contributed by atoms with Gasteiger partial charge in [-0.1, -0.05) is 24.3 Å². The number of aliphatic imine (C=N–C) groups is 1. The molecular formula is C23H30FIN4OS. The van der Waals surface area contributed by atoms with E-state index < -0.39 is 0 Å². The third-order valence-electron chi connectivity index (χ3n) is 4.95. The number of likely N-dealkylation sites (tertiary alicyclic amines) is 1. The lowest BCUT2D eigenvalue weighted by Crippen LogP contribution is -2.37. The highest BCUT2D eigenvalue weighted by atomic mass is 127. The lowest BCUT2D eigenvalue weighted by molar-refractivity contribution is -0.128. The second-order valence-electron chi connectivity index (χ2n) is 7.24.